The zero-order valence-electron chi connectivity index (χ0n) is 11.9. The van der Waals surface area contributed by atoms with Crippen molar-refractivity contribution in [3.8, 4) is 0 Å². The van der Waals surface area contributed by atoms with Crippen molar-refractivity contribution in [3.63, 3.8) is 0 Å². The molecule has 0 saturated heterocycles. The second-order valence-electron chi connectivity index (χ2n) is 5.09. The maximum Gasteiger partial charge on any atom is 0.261 e. The van der Waals surface area contributed by atoms with Crippen LogP contribution in [0, 0.1) is 0 Å². The molecule has 1 aliphatic rings. The van der Waals surface area contributed by atoms with Crippen LogP contribution in [0.25, 0.3) is 0 Å². The Bertz CT molecular complexity index is 693. The number of benzene rings is 1. The molecule has 0 unspecified atom stereocenters. The van der Waals surface area contributed by atoms with Gasteiger partial charge in [-0.2, -0.15) is 5.10 Å². The highest BCUT2D eigenvalue weighted by Crippen LogP contribution is 2.34. The van der Waals surface area contributed by atoms with Crippen LogP contribution in [0.2, 0.25) is 5.02 Å². The van der Waals surface area contributed by atoms with Gasteiger partial charge in [0.2, 0.25) is 0 Å². The molecule has 1 aromatic carbocycles. The van der Waals surface area contributed by atoms with Crippen LogP contribution in [-0.2, 0) is 4.79 Å². The largest absolute Gasteiger partial charge is 0.467 e. The molecule has 0 bridgehead atoms. The number of halogens is 2. The molecular formula is C16H14Cl2N2O2. The van der Waals surface area contributed by atoms with Gasteiger partial charge in [0.25, 0.3) is 5.91 Å². The van der Waals surface area contributed by atoms with Crippen molar-refractivity contribution in [2.45, 2.75) is 24.8 Å². The number of nitrogens with zero attached hydrogens (tertiary/aromatic N) is 2. The third-order valence-electron chi connectivity index (χ3n) is 3.53. The van der Waals surface area contributed by atoms with Gasteiger partial charge in [0.15, 0.2) is 0 Å². The van der Waals surface area contributed by atoms with Crippen molar-refractivity contribution in [2.24, 2.45) is 5.10 Å². The normalized spacial score (nSPS) is 19.1. The van der Waals surface area contributed by atoms with Crippen LogP contribution in [0.3, 0.4) is 0 Å². The third kappa shape index (κ3) is 2.89. The molecule has 22 heavy (non-hydrogen) atoms. The Kier molecular flexibility index (Phi) is 4.23. The Morgan fingerprint density at radius 1 is 1.36 bits per heavy atom. The summed E-state index contributed by atoms with van der Waals surface area (Å²) >= 11 is 11.9. The number of hydrazone groups is 1. The zero-order chi connectivity index (χ0) is 15.7. The molecule has 1 aromatic heterocycles. The molecule has 0 radical (unpaired) electrons. The van der Waals surface area contributed by atoms with Crippen LogP contribution in [0.15, 0.2) is 52.2 Å². The van der Waals surface area contributed by atoms with Crippen molar-refractivity contribution in [1.29, 1.82) is 0 Å². The average molecular weight is 337 g/mol. The standard InChI is InChI=1S/C16H14Cl2N2O2/c1-10(17)16(21)20-14(15-3-2-8-22-15)9-13(19-20)11-4-6-12(18)7-5-11/h2-8,10,14H,9H2,1H3/t10-,14+/m1/s1. The Morgan fingerprint density at radius 2 is 2.09 bits per heavy atom. The second-order valence-corrected chi connectivity index (χ2v) is 6.18. The van der Waals surface area contributed by atoms with Gasteiger partial charge in [-0.05, 0) is 36.8 Å². The number of hydrogen-bond donors (Lipinski definition) is 0. The summed E-state index contributed by atoms with van der Waals surface area (Å²) in [5.41, 5.74) is 1.74. The number of amides is 1. The van der Waals surface area contributed by atoms with E-state index in [0.29, 0.717) is 17.2 Å². The van der Waals surface area contributed by atoms with E-state index in [9.17, 15) is 4.79 Å². The summed E-state index contributed by atoms with van der Waals surface area (Å²) in [6.45, 7) is 1.64. The van der Waals surface area contributed by atoms with Crippen molar-refractivity contribution in [3.05, 3.63) is 59.0 Å². The summed E-state index contributed by atoms with van der Waals surface area (Å²) < 4.78 is 5.45. The fraction of sp³-hybridized carbons (Fsp3) is 0.250. The van der Waals surface area contributed by atoms with E-state index in [1.54, 1.807) is 31.4 Å². The van der Waals surface area contributed by atoms with Crippen LogP contribution in [0.4, 0.5) is 0 Å². The molecule has 2 aromatic rings. The Hall–Kier alpha value is -1.78. The van der Waals surface area contributed by atoms with Crippen LogP contribution in [0.5, 0.6) is 0 Å². The Balaban J connectivity index is 1.94. The van der Waals surface area contributed by atoms with Gasteiger partial charge < -0.3 is 4.42 Å². The van der Waals surface area contributed by atoms with E-state index in [1.807, 2.05) is 18.2 Å². The molecule has 0 saturated carbocycles. The molecule has 2 heterocycles. The first-order chi connectivity index (χ1) is 10.6. The zero-order valence-corrected chi connectivity index (χ0v) is 13.4. The Morgan fingerprint density at radius 3 is 2.68 bits per heavy atom. The van der Waals surface area contributed by atoms with Crippen LogP contribution in [0.1, 0.15) is 30.7 Å². The van der Waals surface area contributed by atoms with E-state index in [4.69, 9.17) is 27.6 Å². The maximum atomic E-state index is 12.3. The summed E-state index contributed by atoms with van der Waals surface area (Å²) in [7, 11) is 0. The first-order valence-electron chi connectivity index (χ1n) is 6.90. The van der Waals surface area contributed by atoms with E-state index in [0.717, 1.165) is 11.3 Å². The van der Waals surface area contributed by atoms with Crippen LogP contribution >= 0.6 is 23.2 Å². The van der Waals surface area contributed by atoms with E-state index >= 15 is 0 Å². The van der Waals surface area contributed by atoms with Gasteiger partial charge in [-0.3, -0.25) is 4.79 Å². The molecule has 2 atom stereocenters. The minimum absolute atomic E-state index is 0.243. The van der Waals surface area contributed by atoms with E-state index in [2.05, 4.69) is 5.10 Å². The van der Waals surface area contributed by atoms with Gasteiger partial charge in [0.1, 0.15) is 17.2 Å². The minimum atomic E-state index is -0.647. The highest BCUT2D eigenvalue weighted by Gasteiger charge is 2.36. The lowest BCUT2D eigenvalue weighted by Gasteiger charge is -2.20. The predicted octanol–water partition coefficient (Wildman–Crippen LogP) is 4.24. The summed E-state index contributed by atoms with van der Waals surface area (Å²) in [6.07, 6.45) is 2.16. The first kappa shape index (κ1) is 15.1. The molecule has 1 amide bonds. The number of carbonyl (C=O) groups excluding carboxylic acids is 1. The van der Waals surface area contributed by atoms with Crippen molar-refractivity contribution >= 4 is 34.8 Å². The minimum Gasteiger partial charge on any atom is -0.467 e. The molecule has 0 fully saturated rings. The SMILES string of the molecule is C[C@@H](Cl)C(=O)N1N=C(c2ccc(Cl)cc2)C[C@H]1c1ccco1. The summed E-state index contributed by atoms with van der Waals surface area (Å²) in [5.74, 6) is 0.449. The van der Waals surface area contributed by atoms with Gasteiger partial charge in [0.05, 0.1) is 12.0 Å². The van der Waals surface area contributed by atoms with Crippen LogP contribution in [-0.4, -0.2) is 22.0 Å². The topological polar surface area (TPSA) is 45.8 Å². The third-order valence-corrected chi connectivity index (χ3v) is 3.96. The van der Waals surface area contributed by atoms with Gasteiger partial charge in [-0.1, -0.05) is 23.7 Å². The number of hydrogen-bond acceptors (Lipinski definition) is 3. The van der Waals surface area contributed by atoms with Gasteiger partial charge in [-0.25, -0.2) is 5.01 Å². The fourth-order valence-electron chi connectivity index (χ4n) is 2.42. The number of rotatable bonds is 3. The molecular weight excluding hydrogens is 323 g/mol. The highest BCUT2D eigenvalue weighted by atomic mass is 35.5. The van der Waals surface area contributed by atoms with Crippen molar-refractivity contribution < 1.29 is 9.21 Å². The highest BCUT2D eigenvalue weighted by molar-refractivity contribution is 6.31. The van der Waals surface area contributed by atoms with Crippen molar-refractivity contribution in [1.82, 2.24) is 5.01 Å². The Labute approximate surface area is 138 Å². The first-order valence-corrected chi connectivity index (χ1v) is 7.71. The average Bonchev–Trinajstić information content (AvgIpc) is 3.16. The van der Waals surface area contributed by atoms with Gasteiger partial charge in [0, 0.05) is 11.4 Å². The maximum absolute atomic E-state index is 12.3. The summed E-state index contributed by atoms with van der Waals surface area (Å²) in [6, 6.07) is 10.7. The smallest absolute Gasteiger partial charge is 0.261 e. The van der Waals surface area contributed by atoms with E-state index in [-0.39, 0.29) is 11.9 Å². The second kappa shape index (κ2) is 6.15. The molecule has 0 aliphatic carbocycles. The lowest BCUT2D eigenvalue weighted by molar-refractivity contribution is -0.132. The van der Waals surface area contributed by atoms with E-state index < -0.39 is 5.38 Å². The monoisotopic (exact) mass is 336 g/mol. The fourth-order valence-corrected chi connectivity index (χ4v) is 2.64. The summed E-state index contributed by atoms with van der Waals surface area (Å²) in [4.78, 5) is 12.3. The van der Waals surface area contributed by atoms with Gasteiger partial charge in [-0.15, -0.1) is 11.6 Å². The number of carbonyl (C=O) groups is 1. The lowest BCUT2D eigenvalue weighted by Crippen LogP contribution is -2.32. The molecule has 4 nitrogen and oxygen atoms in total. The predicted molar refractivity (Wildman–Crippen MR) is 86.2 cm³/mol. The van der Waals surface area contributed by atoms with E-state index in [1.165, 1.54) is 5.01 Å². The molecule has 114 valence electrons. The van der Waals surface area contributed by atoms with Crippen molar-refractivity contribution in [2.75, 3.05) is 0 Å². The molecule has 0 spiro atoms. The number of furan rings is 1. The molecule has 6 heteroatoms. The summed E-state index contributed by atoms with van der Waals surface area (Å²) in [5, 5.41) is 5.89. The lowest BCUT2D eigenvalue weighted by atomic mass is 10.0. The number of alkyl halides is 1. The molecule has 3 rings (SSSR count). The quantitative estimate of drug-likeness (QED) is 0.787. The molecule has 0 N–H and O–H groups in total. The van der Waals surface area contributed by atoms with Crippen LogP contribution < -0.4 is 0 Å². The van der Waals surface area contributed by atoms with Gasteiger partial charge >= 0.3 is 0 Å². The molecule has 1 aliphatic heterocycles.